The predicted octanol–water partition coefficient (Wildman–Crippen LogP) is 1.73. The minimum absolute atomic E-state index is 0.0153. The Morgan fingerprint density at radius 3 is 2.83 bits per heavy atom. The van der Waals surface area contributed by atoms with Crippen LogP contribution in [-0.4, -0.2) is 37.9 Å². The van der Waals surface area contributed by atoms with Crippen LogP contribution in [0, 0.1) is 11.3 Å². The molecule has 2 rings (SSSR count). The molecule has 2 heterocycles. The lowest BCUT2D eigenvalue weighted by Crippen LogP contribution is -2.39. The summed E-state index contributed by atoms with van der Waals surface area (Å²) in [5.41, 5.74) is -0.346. The molecule has 4 heteroatoms. The third kappa shape index (κ3) is 3.04. The van der Waals surface area contributed by atoms with Gasteiger partial charge in [0.2, 0.25) is 0 Å². The lowest BCUT2D eigenvalue weighted by Gasteiger charge is -2.33. The molecule has 2 unspecified atom stereocenters. The molecule has 2 aliphatic heterocycles. The molecule has 0 saturated carbocycles. The first-order chi connectivity index (χ1) is 8.43. The number of hydrogen-bond donors (Lipinski definition) is 1. The van der Waals surface area contributed by atoms with Crippen LogP contribution in [0.3, 0.4) is 0 Å². The zero-order valence-electron chi connectivity index (χ0n) is 11.8. The number of carbonyl (C=O) groups excluding carboxylic acids is 1. The van der Waals surface area contributed by atoms with E-state index in [4.69, 9.17) is 9.47 Å². The van der Waals surface area contributed by atoms with Gasteiger partial charge in [-0.25, -0.2) is 0 Å². The summed E-state index contributed by atoms with van der Waals surface area (Å²) in [7, 11) is 0. The van der Waals surface area contributed by atoms with E-state index in [0.717, 1.165) is 45.6 Å². The Balaban J connectivity index is 2.08. The summed E-state index contributed by atoms with van der Waals surface area (Å²) in [6.07, 6.45) is 3.06. The highest BCUT2D eigenvalue weighted by Crippen LogP contribution is 2.42. The molecule has 1 N–H and O–H groups in total. The normalized spacial score (nSPS) is 33.4. The molecule has 104 valence electrons. The Hall–Kier alpha value is -0.610. The van der Waals surface area contributed by atoms with Crippen LogP contribution in [0.5, 0.6) is 0 Å². The molecule has 2 aliphatic rings. The van der Waals surface area contributed by atoms with E-state index < -0.39 is 5.60 Å². The number of esters is 1. The lowest BCUT2D eigenvalue weighted by atomic mass is 9.72. The van der Waals surface area contributed by atoms with Crippen molar-refractivity contribution in [2.75, 3.05) is 26.3 Å². The van der Waals surface area contributed by atoms with Crippen LogP contribution in [0.15, 0.2) is 0 Å². The fraction of sp³-hybridized carbons (Fsp3) is 0.929. The molecule has 0 aromatic rings. The SMILES string of the molecule is CC(C)(C)OC(=O)C1CNCC12CCCOCC2. The Morgan fingerprint density at radius 1 is 1.33 bits per heavy atom. The molecule has 2 fully saturated rings. The second-order valence-corrected chi connectivity index (χ2v) is 6.55. The molecule has 2 atom stereocenters. The standard InChI is InChI=1S/C14H25NO3/c1-13(2,3)18-12(16)11-9-15-10-14(11)5-4-7-17-8-6-14/h11,15H,4-10H2,1-3H3. The van der Waals surface area contributed by atoms with Crippen molar-refractivity contribution in [3.63, 3.8) is 0 Å². The number of hydrogen-bond acceptors (Lipinski definition) is 4. The van der Waals surface area contributed by atoms with E-state index in [-0.39, 0.29) is 17.3 Å². The van der Waals surface area contributed by atoms with Crippen LogP contribution in [-0.2, 0) is 14.3 Å². The first-order valence-electron chi connectivity index (χ1n) is 6.94. The summed E-state index contributed by atoms with van der Waals surface area (Å²) < 4.78 is 11.1. The quantitative estimate of drug-likeness (QED) is 0.725. The zero-order valence-corrected chi connectivity index (χ0v) is 11.8. The number of ether oxygens (including phenoxy) is 2. The third-order valence-corrected chi connectivity index (χ3v) is 3.96. The highest BCUT2D eigenvalue weighted by atomic mass is 16.6. The summed E-state index contributed by atoms with van der Waals surface area (Å²) in [6, 6.07) is 0. The summed E-state index contributed by atoms with van der Waals surface area (Å²) in [6.45, 7) is 9.03. The molecule has 1 spiro atoms. The van der Waals surface area contributed by atoms with E-state index in [1.165, 1.54) is 0 Å². The van der Waals surface area contributed by atoms with E-state index in [1.807, 2.05) is 20.8 Å². The maximum absolute atomic E-state index is 12.3. The highest BCUT2D eigenvalue weighted by Gasteiger charge is 2.48. The smallest absolute Gasteiger partial charge is 0.311 e. The first-order valence-corrected chi connectivity index (χ1v) is 6.94. The van der Waals surface area contributed by atoms with Gasteiger partial charge >= 0.3 is 5.97 Å². The Morgan fingerprint density at radius 2 is 2.11 bits per heavy atom. The molecule has 0 aromatic heterocycles. The molecule has 0 aromatic carbocycles. The van der Waals surface area contributed by atoms with Crippen LogP contribution < -0.4 is 5.32 Å². The monoisotopic (exact) mass is 255 g/mol. The molecular weight excluding hydrogens is 230 g/mol. The minimum Gasteiger partial charge on any atom is -0.460 e. The summed E-state index contributed by atoms with van der Waals surface area (Å²) in [4.78, 5) is 12.3. The van der Waals surface area contributed by atoms with E-state index in [0.29, 0.717) is 0 Å². The fourth-order valence-corrected chi connectivity index (χ4v) is 3.07. The van der Waals surface area contributed by atoms with E-state index in [9.17, 15) is 4.79 Å². The van der Waals surface area contributed by atoms with Crippen LogP contribution in [0.2, 0.25) is 0 Å². The number of nitrogens with one attached hydrogen (secondary N) is 1. The second kappa shape index (κ2) is 5.17. The van der Waals surface area contributed by atoms with Crippen LogP contribution in [0.25, 0.3) is 0 Å². The van der Waals surface area contributed by atoms with Gasteiger partial charge in [0, 0.05) is 26.3 Å². The average Bonchev–Trinajstić information content (AvgIpc) is 2.49. The summed E-state index contributed by atoms with van der Waals surface area (Å²) >= 11 is 0. The van der Waals surface area contributed by atoms with Gasteiger partial charge < -0.3 is 14.8 Å². The number of carbonyl (C=O) groups is 1. The molecule has 0 radical (unpaired) electrons. The maximum Gasteiger partial charge on any atom is 0.311 e. The van der Waals surface area contributed by atoms with Crippen molar-refractivity contribution in [1.82, 2.24) is 5.32 Å². The Bertz CT molecular complexity index is 301. The minimum atomic E-state index is -0.401. The summed E-state index contributed by atoms with van der Waals surface area (Å²) in [5, 5.41) is 3.37. The Labute approximate surface area is 109 Å². The molecule has 4 nitrogen and oxygen atoms in total. The average molecular weight is 255 g/mol. The molecule has 18 heavy (non-hydrogen) atoms. The van der Waals surface area contributed by atoms with E-state index >= 15 is 0 Å². The van der Waals surface area contributed by atoms with Crippen molar-refractivity contribution in [2.45, 2.75) is 45.6 Å². The topological polar surface area (TPSA) is 47.6 Å². The van der Waals surface area contributed by atoms with Crippen LogP contribution in [0.1, 0.15) is 40.0 Å². The molecule has 0 amide bonds. The predicted molar refractivity (Wildman–Crippen MR) is 69.3 cm³/mol. The van der Waals surface area contributed by atoms with Gasteiger partial charge in [-0.1, -0.05) is 0 Å². The Kier molecular flexibility index (Phi) is 3.97. The fourth-order valence-electron chi connectivity index (χ4n) is 3.07. The van der Waals surface area contributed by atoms with Gasteiger partial charge in [0.15, 0.2) is 0 Å². The van der Waals surface area contributed by atoms with Crippen LogP contribution >= 0.6 is 0 Å². The van der Waals surface area contributed by atoms with Crippen molar-refractivity contribution in [3.8, 4) is 0 Å². The third-order valence-electron chi connectivity index (χ3n) is 3.96. The van der Waals surface area contributed by atoms with Gasteiger partial charge in [0.25, 0.3) is 0 Å². The first kappa shape index (κ1) is 13.8. The van der Waals surface area contributed by atoms with E-state index in [1.54, 1.807) is 0 Å². The molecule has 2 saturated heterocycles. The molecule has 0 aliphatic carbocycles. The van der Waals surface area contributed by atoms with Gasteiger partial charge in [-0.3, -0.25) is 4.79 Å². The van der Waals surface area contributed by atoms with Gasteiger partial charge in [-0.05, 0) is 45.4 Å². The van der Waals surface area contributed by atoms with Crippen molar-refractivity contribution in [1.29, 1.82) is 0 Å². The zero-order chi connectivity index (χ0) is 13.2. The second-order valence-electron chi connectivity index (χ2n) is 6.55. The van der Waals surface area contributed by atoms with E-state index in [2.05, 4.69) is 5.32 Å². The summed E-state index contributed by atoms with van der Waals surface area (Å²) in [5.74, 6) is -0.0622. The van der Waals surface area contributed by atoms with Gasteiger partial charge in [-0.15, -0.1) is 0 Å². The van der Waals surface area contributed by atoms with Crippen LogP contribution in [0.4, 0.5) is 0 Å². The largest absolute Gasteiger partial charge is 0.460 e. The van der Waals surface area contributed by atoms with Crippen molar-refractivity contribution >= 4 is 5.97 Å². The molecule has 0 bridgehead atoms. The lowest BCUT2D eigenvalue weighted by molar-refractivity contribution is -0.163. The van der Waals surface area contributed by atoms with Gasteiger partial charge in [0.1, 0.15) is 5.60 Å². The highest BCUT2D eigenvalue weighted by molar-refractivity contribution is 5.74. The maximum atomic E-state index is 12.3. The number of rotatable bonds is 1. The van der Waals surface area contributed by atoms with Crippen molar-refractivity contribution < 1.29 is 14.3 Å². The van der Waals surface area contributed by atoms with Crippen molar-refractivity contribution in [3.05, 3.63) is 0 Å². The molecular formula is C14H25NO3. The van der Waals surface area contributed by atoms with Crippen molar-refractivity contribution in [2.24, 2.45) is 11.3 Å². The van der Waals surface area contributed by atoms with Gasteiger partial charge in [0.05, 0.1) is 5.92 Å². The van der Waals surface area contributed by atoms with Gasteiger partial charge in [-0.2, -0.15) is 0 Å².